The minimum atomic E-state index is -0.0406. The molecule has 1 aromatic rings. The Labute approximate surface area is 135 Å². The molecule has 0 bridgehead atoms. The number of carbonyl (C=O) groups is 1. The van der Waals surface area contributed by atoms with E-state index in [-0.39, 0.29) is 18.0 Å². The van der Waals surface area contributed by atoms with Crippen LogP contribution in [0.1, 0.15) is 64.9 Å². The van der Waals surface area contributed by atoms with Crippen LogP contribution in [0, 0.1) is 17.8 Å². The molecule has 1 aliphatic carbocycles. The van der Waals surface area contributed by atoms with Crippen LogP contribution < -0.4 is 0 Å². The lowest BCUT2D eigenvalue weighted by Gasteiger charge is -2.36. The van der Waals surface area contributed by atoms with E-state index < -0.39 is 0 Å². The van der Waals surface area contributed by atoms with Gasteiger partial charge in [-0.1, -0.05) is 64.4 Å². The summed E-state index contributed by atoms with van der Waals surface area (Å²) >= 11 is 0. The maximum atomic E-state index is 12.3. The molecule has 0 spiro atoms. The summed E-state index contributed by atoms with van der Waals surface area (Å²) in [5, 5.41) is 0. The smallest absolute Gasteiger partial charge is 0.306 e. The van der Waals surface area contributed by atoms with Gasteiger partial charge in [0.25, 0.3) is 0 Å². The van der Waals surface area contributed by atoms with Crippen LogP contribution in [0.25, 0.3) is 0 Å². The SMILES string of the molecule is CC(CC(=O)OC1C[C@H](C)CC[C@H]1C(C)C)c1ccccc1. The summed E-state index contributed by atoms with van der Waals surface area (Å²) in [6.07, 6.45) is 4.05. The Balaban J connectivity index is 1.92. The van der Waals surface area contributed by atoms with Crippen molar-refractivity contribution in [1.29, 1.82) is 0 Å². The number of ether oxygens (including phenoxy) is 1. The van der Waals surface area contributed by atoms with Gasteiger partial charge in [-0.05, 0) is 42.1 Å². The van der Waals surface area contributed by atoms with Crippen molar-refractivity contribution in [3.63, 3.8) is 0 Å². The van der Waals surface area contributed by atoms with E-state index in [4.69, 9.17) is 4.74 Å². The maximum absolute atomic E-state index is 12.3. The standard InChI is InChI=1S/C20H30O2/c1-14(2)18-11-10-15(3)12-19(18)22-20(21)13-16(4)17-8-6-5-7-9-17/h5-9,14-16,18-19H,10-13H2,1-4H3/t15-,16?,18+,19?/m1/s1. The van der Waals surface area contributed by atoms with Crippen LogP contribution >= 0.6 is 0 Å². The van der Waals surface area contributed by atoms with Crippen molar-refractivity contribution in [2.45, 2.75) is 65.4 Å². The lowest BCUT2D eigenvalue weighted by Crippen LogP contribution is -2.36. The highest BCUT2D eigenvalue weighted by molar-refractivity contribution is 5.70. The lowest BCUT2D eigenvalue weighted by molar-refractivity contribution is -0.156. The third-order valence-electron chi connectivity index (χ3n) is 5.09. The number of hydrogen-bond donors (Lipinski definition) is 0. The molecule has 2 heteroatoms. The van der Waals surface area contributed by atoms with Gasteiger partial charge in [0.05, 0.1) is 6.42 Å². The molecule has 0 aromatic heterocycles. The van der Waals surface area contributed by atoms with Gasteiger partial charge in [-0.15, -0.1) is 0 Å². The van der Waals surface area contributed by atoms with Crippen molar-refractivity contribution in [2.75, 3.05) is 0 Å². The summed E-state index contributed by atoms with van der Waals surface area (Å²) in [6.45, 7) is 8.85. The summed E-state index contributed by atoms with van der Waals surface area (Å²) in [4.78, 5) is 12.3. The second-order valence-electron chi connectivity index (χ2n) is 7.37. The highest BCUT2D eigenvalue weighted by Crippen LogP contribution is 2.35. The topological polar surface area (TPSA) is 26.3 Å². The van der Waals surface area contributed by atoms with Crippen molar-refractivity contribution in [1.82, 2.24) is 0 Å². The molecular formula is C20H30O2. The molecule has 0 amide bonds. The zero-order chi connectivity index (χ0) is 16.1. The van der Waals surface area contributed by atoms with Gasteiger partial charge in [0.1, 0.15) is 6.10 Å². The van der Waals surface area contributed by atoms with Gasteiger partial charge in [0.2, 0.25) is 0 Å². The van der Waals surface area contributed by atoms with E-state index in [0.29, 0.717) is 24.2 Å². The highest BCUT2D eigenvalue weighted by atomic mass is 16.5. The van der Waals surface area contributed by atoms with Crippen molar-refractivity contribution >= 4 is 5.97 Å². The normalized spacial score (nSPS) is 26.7. The van der Waals surface area contributed by atoms with Gasteiger partial charge >= 0.3 is 5.97 Å². The monoisotopic (exact) mass is 302 g/mol. The first-order chi connectivity index (χ1) is 10.5. The molecule has 1 fully saturated rings. The molecular weight excluding hydrogens is 272 g/mol. The zero-order valence-corrected chi connectivity index (χ0v) is 14.4. The fourth-order valence-corrected chi connectivity index (χ4v) is 3.62. The predicted octanol–water partition coefficient (Wildman–Crippen LogP) is 5.18. The number of benzene rings is 1. The minimum absolute atomic E-state index is 0.0406. The number of rotatable bonds is 5. The van der Waals surface area contributed by atoms with Crippen LogP contribution in [0.15, 0.2) is 30.3 Å². The molecule has 1 saturated carbocycles. The van der Waals surface area contributed by atoms with Crippen LogP contribution in [0.4, 0.5) is 0 Å². The van der Waals surface area contributed by atoms with Gasteiger partial charge in [-0.2, -0.15) is 0 Å². The van der Waals surface area contributed by atoms with E-state index >= 15 is 0 Å². The van der Waals surface area contributed by atoms with Crippen LogP contribution in [0.2, 0.25) is 0 Å². The zero-order valence-electron chi connectivity index (χ0n) is 14.4. The Hall–Kier alpha value is -1.31. The highest BCUT2D eigenvalue weighted by Gasteiger charge is 2.33. The van der Waals surface area contributed by atoms with E-state index in [2.05, 4.69) is 39.8 Å². The number of hydrogen-bond acceptors (Lipinski definition) is 2. The molecule has 1 aliphatic rings. The fraction of sp³-hybridized carbons (Fsp3) is 0.650. The molecule has 2 nitrogen and oxygen atoms in total. The predicted molar refractivity (Wildman–Crippen MR) is 90.7 cm³/mol. The number of esters is 1. The second kappa shape index (κ2) is 7.80. The molecule has 4 atom stereocenters. The lowest BCUT2D eigenvalue weighted by atomic mass is 9.75. The molecule has 0 radical (unpaired) electrons. The Morgan fingerprint density at radius 3 is 2.50 bits per heavy atom. The van der Waals surface area contributed by atoms with Gasteiger partial charge in [-0.3, -0.25) is 4.79 Å². The van der Waals surface area contributed by atoms with Gasteiger partial charge in [0.15, 0.2) is 0 Å². The van der Waals surface area contributed by atoms with Crippen LogP contribution in [-0.2, 0) is 9.53 Å². The van der Waals surface area contributed by atoms with Crippen molar-refractivity contribution < 1.29 is 9.53 Å². The largest absolute Gasteiger partial charge is 0.462 e. The van der Waals surface area contributed by atoms with Crippen molar-refractivity contribution in [3.8, 4) is 0 Å². The van der Waals surface area contributed by atoms with Gasteiger partial charge < -0.3 is 4.74 Å². The van der Waals surface area contributed by atoms with E-state index in [1.54, 1.807) is 0 Å². The van der Waals surface area contributed by atoms with Crippen LogP contribution in [-0.4, -0.2) is 12.1 Å². The fourth-order valence-electron chi connectivity index (χ4n) is 3.62. The Morgan fingerprint density at radius 1 is 1.18 bits per heavy atom. The van der Waals surface area contributed by atoms with E-state index in [9.17, 15) is 4.79 Å². The molecule has 1 aromatic carbocycles. The van der Waals surface area contributed by atoms with Crippen LogP contribution in [0.3, 0.4) is 0 Å². The molecule has 0 heterocycles. The van der Waals surface area contributed by atoms with E-state index in [1.165, 1.54) is 18.4 Å². The molecule has 0 saturated heterocycles. The molecule has 22 heavy (non-hydrogen) atoms. The van der Waals surface area contributed by atoms with Crippen molar-refractivity contribution in [2.24, 2.45) is 17.8 Å². The minimum Gasteiger partial charge on any atom is -0.462 e. The summed E-state index contributed by atoms with van der Waals surface area (Å²) in [7, 11) is 0. The average Bonchev–Trinajstić information content (AvgIpc) is 2.47. The molecule has 122 valence electrons. The Kier molecular flexibility index (Phi) is 6.05. The van der Waals surface area contributed by atoms with E-state index in [1.807, 2.05) is 18.2 Å². The average molecular weight is 302 g/mol. The van der Waals surface area contributed by atoms with E-state index in [0.717, 1.165) is 6.42 Å². The first kappa shape index (κ1) is 17.1. The summed E-state index contributed by atoms with van der Waals surface area (Å²) in [6, 6.07) is 10.2. The summed E-state index contributed by atoms with van der Waals surface area (Å²) < 4.78 is 5.89. The summed E-state index contributed by atoms with van der Waals surface area (Å²) in [5.74, 6) is 1.94. The number of carbonyl (C=O) groups excluding carboxylic acids is 1. The van der Waals surface area contributed by atoms with Crippen molar-refractivity contribution in [3.05, 3.63) is 35.9 Å². The maximum Gasteiger partial charge on any atom is 0.306 e. The third kappa shape index (κ3) is 4.59. The first-order valence-electron chi connectivity index (χ1n) is 8.71. The quantitative estimate of drug-likeness (QED) is 0.700. The van der Waals surface area contributed by atoms with Gasteiger partial charge in [0, 0.05) is 0 Å². The third-order valence-corrected chi connectivity index (χ3v) is 5.09. The molecule has 0 N–H and O–H groups in total. The molecule has 2 rings (SSSR count). The van der Waals surface area contributed by atoms with Gasteiger partial charge in [-0.25, -0.2) is 0 Å². The Bertz CT molecular complexity index is 466. The Morgan fingerprint density at radius 2 is 1.86 bits per heavy atom. The molecule has 2 unspecified atom stereocenters. The molecule has 0 aliphatic heterocycles. The second-order valence-corrected chi connectivity index (χ2v) is 7.37. The first-order valence-corrected chi connectivity index (χ1v) is 8.71. The summed E-state index contributed by atoms with van der Waals surface area (Å²) in [5.41, 5.74) is 1.21. The van der Waals surface area contributed by atoms with Crippen LogP contribution in [0.5, 0.6) is 0 Å².